The van der Waals surface area contributed by atoms with Gasteiger partial charge < -0.3 is 19.4 Å². The average molecular weight is 453 g/mol. The molecule has 8 heteroatoms. The van der Waals surface area contributed by atoms with Crippen molar-refractivity contribution in [1.82, 2.24) is 19.5 Å². The van der Waals surface area contributed by atoms with Gasteiger partial charge >= 0.3 is 0 Å². The van der Waals surface area contributed by atoms with Gasteiger partial charge in [0.05, 0.1) is 20.5 Å². The van der Waals surface area contributed by atoms with E-state index in [1.165, 1.54) is 0 Å². The van der Waals surface area contributed by atoms with E-state index < -0.39 is 0 Å². The Morgan fingerprint density at radius 1 is 1.16 bits per heavy atom. The third-order valence-electron chi connectivity index (χ3n) is 3.86. The predicted octanol–water partition coefficient (Wildman–Crippen LogP) is 3.64. The number of imidazole rings is 1. The van der Waals surface area contributed by atoms with E-state index in [0.29, 0.717) is 21.9 Å². The fourth-order valence-corrected chi connectivity index (χ4v) is 3.04. The Kier molecular flexibility index (Phi) is 5.26. The van der Waals surface area contributed by atoms with Gasteiger partial charge in [0.15, 0.2) is 32.3 Å². The van der Waals surface area contributed by atoms with Crippen LogP contribution in [0.15, 0.2) is 24.5 Å². The summed E-state index contributed by atoms with van der Waals surface area (Å²) in [6.07, 6.45) is 1.81. The first kappa shape index (κ1) is 17.7. The number of methoxy groups -OCH3 is 2. The first-order valence-electron chi connectivity index (χ1n) is 7.88. The van der Waals surface area contributed by atoms with Crippen molar-refractivity contribution in [1.29, 1.82) is 0 Å². The predicted molar refractivity (Wildman–Crippen MR) is 105 cm³/mol. The van der Waals surface area contributed by atoms with E-state index in [4.69, 9.17) is 9.47 Å². The van der Waals surface area contributed by atoms with Crippen LogP contribution in [0, 0.1) is 3.83 Å². The van der Waals surface area contributed by atoms with Crippen LogP contribution in [0.2, 0.25) is 0 Å². The fourth-order valence-electron chi connectivity index (χ4n) is 2.57. The molecule has 3 aromatic rings. The highest BCUT2D eigenvalue weighted by Crippen LogP contribution is 2.28. The molecule has 0 bridgehead atoms. The molecule has 0 spiro atoms. The van der Waals surface area contributed by atoms with Gasteiger partial charge in [-0.25, -0.2) is 15.0 Å². The number of benzene rings is 1. The van der Waals surface area contributed by atoms with Crippen molar-refractivity contribution in [2.75, 3.05) is 19.5 Å². The molecule has 0 atom stereocenters. The molecule has 0 amide bonds. The number of anilines is 1. The summed E-state index contributed by atoms with van der Waals surface area (Å²) in [5.74, 6) is 2.14. The maximum atomic E-state index is 5.35. The number of fused-ring (bicyclic) bond motifs is 1. The third-order valence-corrected chi connectivity index (χ3v) is 4.34. The summed E-state index contributed by atoms with van der Waals surface area (Å²) < 4.78 is 13.4. The largest absolute Gasteiger partial charge is 0.493 e. The Morgan fingerprint density at radius 2 is 1.92 bits per heavy atom. The molecule has 0 aliphatic heterocycles. The zero-order chi connectivity index (χ0) is 18.0. The second-order valence-corrected chi connectivity index (χ2v) is 6.77. The van der Waals surface area contributed by atoms with Crippen LogP contribution in [-0.4, -0.2) is 33.7 Å². The number of nitrogens with one attached hydrogen (secondary N) is 1. The third kappa shape index (κ3) is 3.63. The van der Waals surface area contributed by atoms with E-state index in [-0.39, 0.29) is 6.04 Å². The van der Waals surface area contributed by atoms with Crippen molar-refractivity contribution < 1.29 is 9.47 Å². The average Bonchev–Trinajstić information content (AvgIpc) is 3.03. The van der Waals surface area contributed by atoms with Gasteiger partial charge in [0.25, 0.3) is 0 Å². The minimum Gasteiger partial charge on any atom is -0.493 e. The lowest BCUT2D eigenvalue weighted by Crippen LogP contribution is -2.06. The summed E-state index contributed by atoms with van der Waals surface area (Å²) in [7, 11) is 3.25. The molecule has 132 valence electrons. The second kappa shape index (κ2) is 7.42. The Morgan fingerprint density at radius 3 is 2.60 bits per heavy atom. The number of rotatable bonds is 6. The molecule has 7 nitrogen and oxygen atoms in total. The summed E-state index contributed by atoms with van der Waals surface area (Å²) in [5.41, 5.74) is 2.67. The standard InChI is InChI=1S/C17H20IN5O2/c1-10(2)23-9-20-14-15(21-17(18)22-16(14)23)19-8-11-5-6-12(24-3)13(7-11)25-4/h5-7,9-10H,8H2,1-4H3,(H,19,21,22). The van der Waals surface area contributed by atoms with E-state index in [2.05, 4.69) is 56.7 Å². The monoisotopic (exact) mass is 453 g/mol. The quantitative estimate of drug-likeness (QED) is 0.454. The van der Waals surface area contributed by atoms with Crippen LogP contribution in [0.5, 0.6) is 11.5 Å². The minimum absolute atomic E-state index is 0.286. The minimum atomic E-state index is 0.286. The maximum absolute atomic E-state index is 5.35. The van der Waals surface area contributed by atoms with E-state index in [1.807, 2.05) is 29.1 Å². The fraction of sp³-hybridized carbons (Fsp3) is 0.353. The lowest BCUT2D eigenvalue weighted by molar-refractivity contribution is 0.354. The van der Waals surface area contributed by atoms with Crippen LogP contribution in [0.3, 0.4) is 0 Å². The maximum Gasteiger partial charge on any atom is 0.194 e. The van der Waals surface area contributed by atoms with Gasteiger partial charge in [-0.05, 0) is 31.5 Å². The van der Waals surface area contributed by atoms with Gasteiger partial charge in [-0.15, -0.1) is 0 Å². The molecular weight excluding hydrogens is 433 g/mol. The summed E-state index contributed by atoms with van der Waals surface area (Å²) in [4.78, 5) is 13.5. The highest BCUT2D eigenvalue weighted by molar-refractivity contribution is 14.1. The molecule has 0 radical (unpaired) electrons. The van der Waals surface area contributed by atoms with Crippen molar-refractivity contribution in [3.05, 3.63) is 33.9 Å². The molecule has 0 unspecified atom stereocenters. The Balaban J connectivity index is 1.89. The number of hydrogen-bond donors (Lipinski definition) is 1. The van der Waals surface area contributed by atoms with Gasteiger partial charge in [-0.3, -0.25) is 0 Å². The van der Waals surface area contributed by atoms with Crippen molar-refractivity contribution >= 4 is 39.6 Å². The molecular formula is C17H20IN5O2. The van der Waals surface area contributed by atoms with Crippen molar-refractivity contribution in [2.24, 2.45) is 0 Å². The lowest BCUT2D eigenvalue weighted by Gasteiger charge is -2.11. The molecule has 25 heavy (non-hydrogen) atoms. The summed E-state index contributed by atoms with van der Waals surface area (Å²) in [5, 5.41) is 3.36. The number of aromatic nitrogens is 4. The van der Waals surface area contributed by atoms with Crippen LogP contribution in [0.4, 0.5) is 5.82 Å². The van der Waals surface area contributed by atoms with E-state index in [0.717, 1.165) is 22.5 Å². The second-order valence-electron chi connectivity index (χ2n) is 5.80. The van der Waals surface area contributed by atoms with Crippen molar-refractivity contribution in [3.63, 3.8) is 0 Å². The molecule has 1 aromatic carbocycles. The lowest BCUT2D eigenvalue weighted by atomic mass is 10.2. The Hall–Kier alpha value is -2.10. The molecule has 3 rings (SSSR count). The van der Waals surface area contributed by atoms with Crippen LogP contribution in [0.1, 0.15) is 25.5 Å². The zero-order valence-electron chi connectivity index (χ0n) is 14.6. The molecule has 0 aliphatic rings. The molecule has 0 saturated carbocycles. The normalized spacial score (nSPS) is 11.1. The first-order valence-corrected chi connectivity index (χ1v) is 8.96. The topological polar surface area (TPSA) is 74.1 Å². The molecule has 1 N–H and O–H groups in total. The number of hydrogen-bond acceptors (Lipinski definition) is 6. The molecule has 2 heterocycles. The highest BCUT2D eigenvalue weighted by Gasteiger charge is 2.14. The smallest absolute Gasteiger partial charge is 0.194 e. The molecule has 0 aliphatic carbocycles. The van der Waals surface area contributed by atoms with Gasteiger partial charge in [0.1, 0.15) is 0 Å². The summed E-state index contributed by atoms with van der Waals surface area (Å²) in [6, 6.07) is 6.11. The van der Waals surface area contributed by atoms with Gasteiger partial charge in [0, 0.05) is 35.2 Å². The number of halogens is 1. The Labute approximate surface area is 159 Å². The van der Waals surface area contributed by atoms with Crippen LogP contribution in [0.25, 0.3) is 11.2 Å². The first-order chi connectivity index (χ1) is 12.0. The molecule has 0 saturated heterocycles. The number of nitrogens with zero attached hydrogens (tertiary/aromatic N) is 4. The van der Waals surface area contributed by atoms with Gasteiger partial charge in [0.2, 0.25) is 0 Å². The van der Waals surface area contributed by atoms with Gasteiger partial charge in [-0.2, -0.15) is 0 Å². The van der Waals surface area contributed by atoms with Crippen molar-refractivity contribution in [3.8, 4) is 11.5 Å². The van der Waals surface area contributed by atoms with Crippen LogP contribution in [-0.2, 0) is 6.54 Å². The SMILES string of the molecule is COc1ccc(CNc2nc(I)nc3c2ncn3C(C)C)cc1OC. The van der Waals surface area contributed by atoms with Crippen LogP contribution >= 0.6 is 22.6 Å². The summed E-state index contributed by atoms with van der Waals surface area (Å²) >= 11 is 2.13. The van der Waals surface area contributed by atoms with Gasteiger partial charge in [-0.1, -0.05) is 6.07 Å². The number of ether oxygens (including phenoxy) is 2. The van der Waals surface area contributed by atoms with Crippen LogP contribution < -0.4 is 14.8 Å². The molecule has 0 fully saturated rings. The Bertz CT molecular complexity index is 894. The summed E-state index contributed by atoms with van der Waals surface area (Å²) in [6.45, 7) is 4.80. The van der Waals surface area contributed by atoms with Crippen molar-refractivity contribution in [2.45, 2.75) is 26.4 Å². The molecule has 2 aromatic heterocycles. The highest BCUT2D eigenvalue weighted by atomic mass is 127. The van der Waals surface area contributed by atoms with E-state index >= 15 is 0 Å². The van der Waals surface area contributed by atoms with E-state index in [1.54, 1.807) is 14.2 Å². The van der Waals surface area contributed by atoms with E-state index in [9.17, 15) is 0 Å². The zero-order valence-corrected chi connectivity index (χ0v) is 16.7.